The van der Waals surface area contributed by atoms with E-state index in [1.54, 1.807) is 23.5 Å². The lowest BCUT2D eigenvalue weighted by Crippen LogP contribution is -2.39. The lowest BCUT2D eigenvalue weighted by atomic mass is 10.1. The van der Waals surface area contributed by atoms with Crippen molar-refractivity contribution in [2.75, 3.05) is 19.8 Å². The third-order valence-electron chi connectivity index (χ3n) is 3.72. The van der Waals surface area contributed by atoms with Crippen molar-refractivity contribution in [2.24, 2.45) is 0 Å². The van der Waals surface area contributed by atoms with E-state index in [0.717, 1.165) is 22.8 Å². The molecule has 0 amide bonds. The molecule has 1 aromatic carbocycles. The molecule has 23 heavy (non-hydrogen) atoms. The van der Waals surface area contributed by atoms with Gasteiger partial charge >= 0.3 is 6.61 Å². The Morgan fingerprint density at radius 1 is 1.43 bits per heavy atom. The van der Waals surface area contributed by atoms with Gasteiger partial charge in [0, 0.05) is 29.7 Å². The van der Waals surface area contributed by atoms with Gasteiger partial charge in [0.15, 0.2) is 0 Å². The lowest BCUT2D eigenvalue weighted by molar-refractivity contribution is -0.0520. The number of hydrogen-bond acceptors (Lipinski definition) is 5. The zero-order chi connectivity index (χ0) is 16.2. The van der Waals surface area contributed by atoms with Crippen molar-refractivity contribution in [2.45, 2.75) is 26.1 Å². The summed E-state index contributed by atoms with van der Waals surface area (Å²) < 4.78 is 35.3. The molecular formula is C16H18F2N2O2S. The highest BCUT2D eigenvalue weighted by Gasteiger charge is 2.27. The van der Waals surface area contributed by atoms with Crippen molar-refractivity contribution >= 4 is 11.3 Å². The van der Waals surface area contributed by atoms with E-state index < -0.39 is 6.61 Å². The van der Waals surface area contributed by atoms with Gasteiger partial charge in [-0.2, -0.15) is 8.78 Å². The van der Waals surface area contributed by atoms with Crippen LogP contribution < -0.4 is 4.74 Å². The largest absolute Gasteiger partial charge is 0.434 e. The van der Waals surface area contributed by atoms with Gasteiger partial charge in [0.1, 0.15) is 10.8 Å². The fourth-order valence-electron chi connectivity index (χ4n) is 2.64. The molecule has 0 saturated carbocycles. The monoisotopic (exact) mass is 340 g/mol. The van der Waals surface area contributed by atoms with Crippen molar-refractivity contribution in [3.63, 3.8) is 0 Å². The Kier molecular flexibility index (Phi) is 5.20. The van der Waals surface area contributed by atoms with Crippen LogP contribution in [-0.4, -0.2) is 36.3 Å². The predicted octanol–water partition coefficient (Wildman–Crippen LogP) is 3.63. The van der Waals surface area contributed by atoms with Crippen LogP contribution in [-0.2, 0) is 11.3 Å². The molecule has 2 heterocycles. The van der Waals surface area contributed by atoms with Crippen molar-refractivity contribution in [3.8, 4) is 5.75 Å². The Bertz CT molecular complexity index is 651. The topological polar surface area (TPSA) is 34.6 Å². The molecule has 0 aliphatic carbocycles. The Hall–Kier alpha value is -1.57. The van der Waals surface area contributed by atoms with E-state index in [4.69, 9.17) is 4.74 Å². The zero-order valence-corrected chi connectivity index (χ0v) is 13.6. The van der Waals surface area contributed by atoms with Gasteiger partial charge in [0.2, 0.25) is 0 Å². The Labute approximate surface area is 137 Å². The van der Waals surface area contributed by atoms with Gasteiger partial charge < -0.3 is 9.47 Å². The summed E-state index contributed by atoms with van der Waals surface area (Å²) in [6, 6.07) is 6.96. The lowest BCUT2D eigenvalue weighted by Gasteiger charge is -2.34. The van der Waals surface area contributed by atoms with E-state index in [9.17, 15) is 8.78 Å². The summed E-state index contributed by atoms with van der Waals surface area (Å²) in [6.45, 7) is 1.57. The molecule has 0 bridgehead atoms. The van der Waals surface area contributed by atoms with Gasteiger partial charge in [-0.1, -0.05) is 18.2 Å². The van der Waals surface area contributed by atoms with Gasteiger partial charge in [-0.25, -0.2) is 4.98 Å². The first kappa shape index (κ1) is 16.3. The third-order valence-corrected chi connectivity index (χ3v) is 4.79. The molecule has 1 aliphatic rings. The van der Waals surface area contributed by atoms with E-state index in [-0.39, 0.29) is 11.8 Å². The van der Waals surface area contributed by atoms with Gasteiger partial charge in [0.25, 0.3) is 0 Å². The first-order valence-electron chi connectivity index (χ1n) is 7.40. The highest BCUT2D eigenvalue weighted by Crippen LogP contribution is 2.30. The average molecular weight is 340 g/mol. The second kappa shape index (κ2) is 7.33. The molecule has 7 heteroatoms. The highest BCUT2D eigenvalue weighted by atomic mass is 32.1. The minimum absolute atomic E-state index is 0.0436. The molecular weight excluding hydrogens is 322 g/mol. The maximum Gasteiger partial charge on any atom is 0.387 e. The van der Waals surface area contributed by atoms with E-state index in [1.807, 2.05) is 24.4 Å². The van der Waals surface area contributed by atoms with E-state index >= 15 is 0 Å². The summed E-state index contributed by atoms with van der Waals surface area (Å²) in [5.41, 5.74) is 1.73. The average Bonchev–Trinajstić information content (AvgIpc) is 2.96. The van der Waals surface area contributed by atoms with Crippen LogP contribution in [0.2, 0.25) is 0 Å². The first-order valence-corrected chi connectivity index (χ1v) is 8.28. The predicted molar refractivity (Wildman–Crippen MR) is 83.9 cm³/mol. The zero-order valence-electron chi connectivity index (χ0n) is 12.7. The molecule has 0 spiro atoms. The van der Waals surface area contributed by atoms with Crippen LogP contribution in [0.3, 0.4) is 0 Å². The van der Waals surface area contributed by atoms with Gasteiger partial charge in [-0.15, -0.1) is 11.3 Å². The van der Waals surface area contributed by atoms with E-state index in [1.165, 1.54) is 0 Å². The number of morpholine rings is 1. The van der Waals surface area contributed by atoms with Crippen LogP contribution in [0.15, 0.2) is 29.6 Å². The number of halogens is 2. The van der Waals surface area contributed by atoms with Crippen LogP contribution in [0, 0.1) is 6.92 Å². The molecule has 3 rings (SSSR count). The van der Waals surface area contributed by atoms with Crippen molar-refractivity contribution < 1.29 is 18.3 Å². The van der Waals surface area contributed by atoms with Crippen LogP contribution >= 0.6 is 11.3 Å². The summed E-state index contributed by atoms with van der Waals surface area (Å²) in [5, 5.41) is 3.00. The number of alkyl halides is 2. The molecule has 0 radical (unpaired) electrons. The molecule has 1 unspecified atom stereocenters. The number of aryl methyl sites for hydroxylation is 1. The quantitative estimate of drug-likeness (QED) is 0.832. The molecule has 124 valence electrons. The van der Waals surface area contributed by atoms with Gasteiger partial charge in [-0.05, 0) is 13.0 Å². The number of ether oxygens (including phenoxy) is 2. The number of aromatic nitrogens is 1. The van der Waals surface area contributed by atoms with Gasteiger partial charge in [0.05, 0.1) is 19.3 Å². The second-order valence-corrected chi connectivity index (χ2v) is 6.26. The molecule has 1 aromatic heterocycles. The van der Waals surface area contributed by atoms with Crippen molar-refractivity contribution in [3.05, 3.63) is 45.9 Å². The molecule has 1 aliphatic heterocycles. The van der Waals surface area contributed by atoms with Crippen molar-refractivity contribution in [1.29, 1.82) is 0 Å². The summed E-state index contributed by atoms with van der Waals surface area (Å²) in [4.78, 5) is 6.75. The molecule has 1 saturated heterocycles. The fraction of sp³-hybridized carbons (Fsp3) is 0.438. The van der Waals surface area contributed by atoms with Crippen LogP contribution in [0.1, 0.15) is 22.3 Å². The number of hydrogen-bond donors (Lipinski definition) is 0. The number of nitrogens with zero attached hydrogens (tertiary/aromatic N) is 2. The number of benzene rings is 1. The summed E-state index contributed by atoms with van der Waals surface area (Å²) in [6.07, 6.45) is 0. The fourth-order valence-corrected chi connectivity index (χ4v) is 3.56. The van der Waals surface area contributed by atoms with E-state index in [2.05, 4.69) is 14.6 Å². The Morgan fingerprint density at radius 2 is 2.26 bits per heavy atom. The van der Waals surface area contributed by atoms with E-state index in [0.29, 0.717) is 19.8 Å². The van der Waals surface area contributed by atoms with Gasteiger partial charge in [-0.3, -0.25) is 4.90 Å². The normalized spacial score (nSPS) is 19.2. The minimum atomic E-state index is -2.82. The first-order chi connectivity index (χ1) is 11.1. The smallest absolute Gasteiger partial charge is 0.387 e. The van der Waals surface area contributed by atoms with Crippen molar-refractivity contribution in [1.82, 2.24) is 9.88 Å². The molecule has 0 N–H and O–H groups in total. The molecule has 1 fully saturated rings. The maximum absolute atomic E-state index is 12.6. The summed E-state index contributed by atoms with van der Waals surface area (Å²) >= 11 is 1.60. The molecule has 1 atom stereocenters. The molecule has 2 aromatic rings. The highest BCUT2D eigenvalue weighted by molar-refractivity contribution is 7.09. The summed E-state index contributed by atoms with van der Waals surface area (Å²) in [5.74, 6) is 0.225. The number of para-hydroxylation sites is 1. The SMILES string of the molecule is Cc1csc(C2COCCN2Cc2ccccc2OC(F)F)n1. The standard InChI is InChI=1S/C16H18F2N2O2S/c1-11-10-23-15(19-11)13-9-21-7-6-20(13)8-12-4-2-3-5-14(12)22-16(17)18/h2-5,10,13,16H,6-9H2,1H3. The molecule has 4 nitrogen and oxygen atoms in total. The Balaban J connectivity index is 1.80. The third kappa shape index (κ3) is 4.04. The van der Waals surface area contributed by atoms with Crippen LogP contribution in [0.5, 0.6) is 5.75 Å². The van der Waals surface area contributed by atoms with Crippen LogP contribution in [0.4, 0.5) is 8.78 Å². The second-order valence-electron chi connectivity index (χ2n) is 5.37. The minimum Gasteiger partial charge on any atom is -0.434 e. The van der Waals surface area contributed by atoms with Crippen LogP contribution in [0.25, 0.3) is 0 Å². The maximum atomic E-state index is 12.6. The number of thiazole rings is 1. The number of rotatable bonds is 5. The Morgan fingerprint density at radius 3 is 3.00 bits per heavy atom. The summed E-state index contributed by atoms with van der Waals surface area (Å²) in [7, 11) is 0.